The Bertz CT molecular complexity index is 601. The molecule has 1 saturated carbocycles. The Balaban J connectivity index is 1.68. The minimum absolute atomic E-state index is 0.0972. The zero-order chi connectivity index (χ0) is 12.3. The molecule has 5 nitrogen and oxygen atoms in total. The summed E-state index contributed by atoms with van der Waals surface area (Å²) in [6, 6.07) is 0. The Morgan fingerprint density at radius 2 is 2.00 bits per heavy atom. The molecule has 4 rings (SSSR count). The first-order valence-electron chi connectivity index (χ1n) is 6.72. The third-order valence-corrected chi connectivity index (χ3v) is 6.63. The summed E-state index contributed by atoms with van der Waals surface area (Å²) in [7, 11) is -3.03. The van der Waals surface area contributed by atoms with Gasteiger partial charge in [0.2, 0.25) is 10.0 Å². The van der Waals surface area contributed by atoms with Crippen LogP contribution in [-0.4, -0.2) is 34.3 Å². The Morgan fingerprint density at radius 3 is 2.78 bits per heavy atom. The summed E-state index contributed by atoms with van der Waals surface area (Å²) in [6.07, 6.45) is 4.99. The minimum atomic E-state index is -3.03. The number of hydrogen-bond acceptors (Lipinski definition) is 3. The molecule has 1 fully saturated rings. The topological polar surface area (TPSA) is 55.2 Å². The fourth-order valence-corrected chi connectivity index (χ4v) is 4.91. The van der Waals surface area contributed by atoms with Gasteiger partial charge in [-0.2, -0.15) is 9.40 Å². The van der Waals surface area contributed by atoms with Crippen molar-refractivity contribution >= 4 is 10.0 Å². The molecule has 0 spiro atoms. The molecule has 2 aliphatic carbocycles. The highest BCUT2D eigenvalue weighted by Crippen LogP contribution is 2.34. The summed E-state index contributed by atoms with van der Waals surface area (Å²) >= 11 is 0. The number of nitrogens with zero attached hydrogens (tertiary/aromatic N) is 3. The molecular weight excluding hydrogens is 250 g/mol. The van der Waals surface area contributed by atoms with E-state index in [2.05, 4.69) is 5.10 Å². The smallest absolute Gasteiger partial charge is 0.217 e. The molecule has 0 aromatic carbocycles. The van der Waals surface area contributed by atoms with Crippen LogP contribution < -0.4 is 0 Å². The first kappa shape index (κ1) is 11.0. The molecule has 0 unspecified atom stereocenters. The lowest BCUT2D eigenvalue weighted by molar-refractivity contribution is 0.323. The number of aromatic nitrogens is 2. The number of sulfonamides is 1. The monoisotopic (exact) mass is 267 g/mol. The largest absolute Gasteiger partial charge is 0.266 e. The molecular formula is C12H17N3O2S. The van der Waals surface area contributed by atoms with Gasteiger partial charge in [-0.3, -0.25) is 4.68 Å². The molecule has 1 aliphatic heterocycles. The van der Waals surface area contributed by atoms with Crippen molar-refractivity contribution in [3.63, 3.8) is 0 Å². The quantitative estimate of drug-likeness (QED) is 0.792. The second kappa shape index (κ2) is 3.57. The van der Waals surface area contributed by atoms with E-state index in [0.717, 1.165) is 31.4 Å². The molecule has 98 valence electrons. The molecule has 18 heavy (non-hydrogen) atoms. The predicted molar refractivity (Wildman–Crippen MR) is 66.6 cm³/mol. The van der Waals surface area contributed by atoms with Crippen LogP contribution >= 0.6 is 0 Å². The first-order valence-corrected chi connectivity index (χ1v) is 8.23. The molecule has 2 heterocycles. The highest BCUT2D eigenvalue weighted by Gasteiger charge is 2.42. The van der Waals surface area contributed by atoms with E-state index in [1.807, 2.05) is 4.68 Å². The fourth-order valence-electron chi connectivity index (χ4n) is 3.12. The number of rotatable bonds is 2. The SMILES string of the molecule is O=S(=O)(C1CC1)N1CCn2nc3c(c2C1)CCC3. The van der Waals surface area contributed by atoms with Gasteiger partial charge in [0, 0.05) is 6.54 Å². The van der Waals surface area contributed by atoms with Crippen molar-refractivity contribution in [3.8, 4) is 0 Å². The Morgan fingerprint density at radius 1 is 1.17 bits per heavy atom. The van der Waals surface area contributed by atoms with Crippen LogP contribution in [0.3, 0.4) is 0 Å². The average molecular weight is 267 g/mol. The van der Waals surface area contributed by atoms with E-state index in [0.29, 0.717) is 19.6 Å². The lowest BCUT2D eigenvalue weighted by Gasteiger charge is -2.27. The van der Waals surface area contributed by atoms with Crippen LogP contribution in [0.15, 0.2) is 0 Å². The zero-order valence-electron chi connectivity index (χ0n) is 10.3. The van der Waals surface area contributed by atoms with Crippen molar-refractivity contribution in [1.29, 1.82) is 0 Å². The third kappa shape index (κ3) is 1.48. The Labute approximate surface area is 107 Å². The number of aryl methyl sites for hydroxylation is 1. The summed E-state index contributed by atoms with van der Waals surface area (Å²) in [5.74, 6) is 0. The molecule has 0 N–H and O–H groups in total. The van der Waals surface area contributed by atoms with Gasteiger partial charge >= 0.3 is 0 Å². The molecule has 0 atom stereocenters. The van der Waals surface area contributed by atoms with Crippen LogP contribution in [0.5, 0.6) is 0 Å². The molecule has 3 aliphatic rings. The molecule has 1 aromatic heterocycles. The van der Waals surface area contributed by atoms with Crippen LogP contribution in [0.25, 0.3) is 0 Å². The van der Waals surface area contributed by atoms with Crippen LogP contribution in [0.4, 0.5) is 0 Å². The van der Waals surface area contributed by atoms with Gasteiger partial charge in [-0.1, -0.05) is 0 Å². The molecule has 6 heteroatoms. The summed E-state index contributed by atoms with van der Waals surface area (Å²) in [4.78, 5) is 0. The number of fused-ring (bicyclic) bond motifs is 3. The van der Waals surface area contributed by atoms with Crippen molar-refractivity contribution in [2.45, 2.75) is 50.4 Å². The van der Waals surface area contributed by atoms with Crippen LogP contribution in [0.2, 0.25) is 0 Å². The third-order valence-electron chi connectivity index (χ3n) is 4.28. The van der Waals surface area contributed by atoms with Gasteiger partial charge in [0.05, 0.1) is 29.7 Å². The molecule has 1 aromatic rings. The summed E-state index contributed by atoms with van der Waals surface area (Å²) < 4.78 is 28.3. The standard InChI is InChI=1S/C12H17N3O2S/c16-18(17,9-4-5-9)14-6-7-15-12(8-14)10-2-1-3-11(10)13-15/h9H,1-8H2. The fraction of sp³-hybridized carbons (Fsp3) is 0.750. The molecule has 0 bridgehead atoms. The van der Waals surface area contributed by atoms with Gasteiger partial charge in [-0.25, -0.2) is 8.42 Å². The van der Waals surface area contributed by atoms with Crippen molar-refractivity contribution in [2.75, 3.05) is 6.54 Å². The van der Waals surface area contributed by atoms with E-state index in [4.69, 9.17) is 0 Å². The summed E-state index contributed by atoms with van der Waals surface area (Å²) in [5, 5.41) is 4.51. The van der Waals surface area contributed by atoms with Crippen molar-refractivity contribution in [3.05, 3.63) is 17.0 Å². The predicted octanol–water partition coefficient (Wildman–Crippen LogP) is 0.680. The van der Waals surface area contributed by atoms with E-state index in [1.165, 1.54) is 17.7 Å². The second-order valence-electron chi connectivity index (χ2n) is 5.53. The van der Waals surface area contributed by atoms with E-state index < -0.39 is 10.0 Å². The maximum atomic E-state index is 12.3. The average Bonchev–Trinajstić information content (AvgIpc) is 3.02. The van der Waals surface area contributed by atoms with Gasteiger partial charge in [-0.15, -0.1) is 0 Å². The van der Waals surface area contributed by atoms with Gasteiger partial charge in [0.1, 0.15) is 0 Å². The summed E-state index contributed by atoms with van der Waals surface area (Å²) in [6.45, 7) is 1.85. The molecule has 0 saturated heterocycles. The zero-order valence-corrected chi connectivity index (χ0v) is 11.1. The molecule has 0 amide bonds. The van der Waals surface area contributed by atoms with Gasteiger partial charge in [0.15, 0.2) is 0 Å². The lowest BCUT2D eigenvalue weighted by Crippen LogP contribution is -2.40. The minimum Gasteiger partial charge on any atom is -0.266 e. The Hall–Kier alpha value is -0.880. The van der Waals surface area contributed by atoms with Crippen molar-refractivity contribution in [2.24, 2.45) is 0 Å². The van der Waals surface area contributed by atoms with Gasteiger partial charge < -0.3 is 0 Å². The maximum Gasteiger partial charge on any atom is 0.217 e. The molecule has 0 radical (unpaired) electrons. The van der Waals surface area contributed by atoms with E-state index >= 15 is 0 Å². The van der Waals surface area contributed by atoms with E-state index in [1.54, 1.807) is 4.31 Å². The van der Waals surface area contributed by atoms with Crippen LogP contribution in [0, 0.1) is 0 Å². The second-order valence-corrected chi connectivity index (χ2v) is 7.74. The van der Waals surface area contributed by atoms with Crippen molar-refractivity contribution in [1.82, 2.24) is 14.1 Å². The van der Waals surface area contributed by atoms with Gasteiger partial charge in [0.25, 0.3) is 0 Å². The van der Waals surface area contributed by atoms with Gasteiger partial charge in [-0.05, 0) is 37.7 Å². The number of hydrogen-bond donors (Lipinski definition) is 0. The highest BCUT2D eigenvalue weighted by molar-refractivity contribution is 7.90. The Kier molecular flexibility index (Phi) is 2.18. The van der Waals surface area contributed by atoms with E-state index in [9.17, 15) is 8.42 Å². The lowest BCUT2D eigenvalue weighted by atomic mass is 10.2. The van der Waals surface area contributed by atoms with Crippen molar-refractivity contribution < 1.29 is 8.42 Å². The van der Waals surface area contributed by atoms with Crippen LogP contribution in [0.1, 0.15) is 36.2 Å². The van der Waals surface area contributed by atoms with E-state index in [-0.39, 0.29) is 5.25 Å². The first-order chi connectivity index (χ1) is 8.66. The van der Waals surface area contributed by atoms with Crippen LogP contribution in [-0.2, 0) is 36.0 Å². The summed E-state index contributed by atoms with van der Waals surface area (Å²) in [5.41, 5.74) is 3.68. The maximum absolute atomic E-state index is 12.3. The normalized spacial score (nSPS) is 24.0. The highest BCUT2D eigenvalue weighted by atomic mass is 32.2.